The second kappa shape index (κ2) is 5.75. The molecule has 0 aliphatic heterocycles. The number of aromatic nitrogens is 2. The number of nitrogens with two attached hydrogens (primary N) is 1. The monoisotopic (exact) mass is 271 g/mol. The number of hydrogen-bond donors (Lipinski definition) is 1. The molecule has 1 fully saturated rings. The molecule has 2 aromatic rings. The minimum atomic E-state index is 0.348. The molecule has 1 aliphatic rings. The Morgan fingerprint density at radius 2 is 2.05 bits per heavy atom. The molecule has 20 heavy (non-hydrogen) atoms. The predicted octanol–water partition coefficient (Wildman–Crippen LogP) is 2.95. The van der Waals surface area contributed by atoms with Crippen molar-refractivity contribution in [3.05, 3.63) is 47.1 Å². The predicted molar refractivity (Wildman–Crippen MR) is 77.5 cm³/mol. The van der Waals surface area contributed by atoms with Crippen LogP contribution in [0.25, 0.3) is 0 Å². The summed E-state index contributed by atoms with van der Waals surface area (Å²) in [6, 6.07) is 8.77. The Kier molecular flexibility index (Phi) is 3.83. The van der Waals surface area contributed by atoms with Crippen LogP contribution in [0.15, 0.2) is 28.8 Å². The Bertz CT molecular complexity index is 571. The second-order valence-corrected chi connectivity index (χ2v) is 5.83. The summed E-state index contributed by atoms with van der Waals surface area (Å²) in [4.78, 5) is 4.57. The number of rotatable bonds is 3. The number of nitrogens with zero attached hydrogens (tertiary/aromatic N) is 2. The third-order valence-electron chi connectivity index (χ3n) is 4.05. The van der Waals surface area contributed by atoms with Gasteiger partial charge in [-0.05, 0) is 38.2 Å². The molecule has 106 valence electrons. The van der Waals surface area contributed by atoms with Crippen LogP contribution in [-0.2, 0) is 6.42 Å². The quantitative estimate of drug-likeness (QED) is 0.932. The first-order chi connectivity index (χ1) is 9.70. The van der Waals surface area contributed by atoms with Crippen LogP contribution < -0.4 is 5.73 Å². The standard InChI is InChI=1S/C16H21N3O/c1-11-3-2-4-12(9-11)10-15-18-16(20-19-15)13-5-7-14(17)8-6-13/h2-4,9,13-14H,5-8,10,17H2,1H3. The minimum absolute atomic E-state index is 0.348. The maximum Gasteiger partial charge on any atom is 0.229 e. The molecule has 4 nitrogen and oxygen atoms in total. The van der Waals surface area contributed by atoms with Gasteiger partial charge in [-0.15, -0.1) is 0 Å². The van der Waals surface area contributed by atoms with Crippen molar-refractivity contribution in [3.63, 3.8) is 0 Å². The Morgan fingerprint density at radius 3 is 2.80 bits per heavy atom. The van der Waals surface area contributed by atoms with E-state index >= 15 is 0 Å². The molecule has 0 atom stereocenters. The zero-order valence-electron chi connectivity index (χ0n) is 11.9. The third kappa shape index (κ3) is 3.07. The van der Waals surface area contributed by atoms with Crippen LogP contribution in [0, 0.1) is 6.92 Å². The van der Waals surface area contributed by atoms with Gasteiger partial charge < -0.3 is 10.3 Å². The van der Waals surface area contributed by atoms with E-state index in [1.54, 1.807) is 0 Å². The molecule has 0 radical (unpaired) electrons. The fourth-order valence-corrected chi connectivity index (χ4v) is 2.88. The van der Waals surface area contributed by atoms with Crippen molar-refractivity contribution in [1.29, 1.82) is 0 Å². The molecule has 1 heterocycles. The maximum absolute atomic E-state index is 5.93. The van der Waals surface area contributed by atoms with Crippen molar-refractivity contribution in [2.45, 2.75) is 51.0 Å². The first-order valence-corrected chi connectivity index (χ1v) is 7.34. The molecular weight excluding hydrogens is 250 g/mol. The Labute approximate surface area is 119 Å². The Morgan fingerprint density at radius 1 is 1.25 bits per heavy atom. The lowest BCUT2D eigenvalue weighted by atomic mass is 9.86. The van der Waals surface area contributed by atoms with Crippen molar-refractivity contribution < 1.29 is 4.52 Å². The summed E-state index contributed by atoms with van der Waals surface area (Å²) in [6.45, 7) is 2.09. The van der Waals surface area contributed by atoms with Gasteiger partial charge in [-0.25, -0.2) is 0 Å². The topological polar surface area (TPSA) is 64.9 Å². The lowest BCUT2D eigenvalue weighted by Gasteiger charge is -2.22. The molecule has 4 heteroatoms. The molecule has 0 spiro atoms. The van der Waals surface area contributed by atoms with Crippen molar-refractivity contribution >= 4 is 0 Å². The highest BCUT2D eigenvalue weighted by atomic mass is 16.5. The van der Waals surface area contributed by atoms with Gasteiger partial charge in [0.15, 0.2) is 5.82 Å². The van der Waals surface area contributed by atoms with Crippen LogP contribution in [-0.4, -0.2) is 16.2 Å². The molecule has 0 unspecified atom stereocenters. The molecule has 1 aliphatic carbocycles. The van der Waals surface area contributed by atoms with Gasteiger partial charge >= 0.3 is 0 Å². The van der Waals surface area contributed by atoms with E-state index in [4.69, 9.17) is 10.3 Å². The summed E-state index contributed by atoms with van der Waals surface area (Å²) in [7, 11) is 0. The molecule has 0 amide bonds. The first-order valence-electron chi connectivity index (χ1n) is 7.34. The van der Waals surface area contributed by atoms with E-state index in [0.717, 1.165) is 43.8 Å². The summed E-state index contributed by atoms with van der Waals surface area (Å²) in [6.07, 6.45) is 4.97. The SMILES string of the molecule is Cc1cccc(Cc2noc(C3CCC(N)CC3)n2)c1. The number of benzene rings is 1. The van der Waals surface area contributed by atoms with Crippen molar-refractivity contribution in [2.75, 3.05) is 0 Å². The fraction of sp³-hybridized carbons (Fsp3) is 0.500. The lowest BCUT2D eigenvalue weighted by Crippen LogP contribution is -2.25. The third-order valence-corrected chi connectivity index (χ3v) is 4.05. The van der Waals surface area contributed by atoms with Crippen LogP contribution in [0.4, 0.5) is 0 Å². The van der Waals surface area contributed by atoms with E-state index in [1.807, 2.05) is 0 Å². The van der Waals surface area contributed by atoms with Gasteiger partial charge in [-0.1, -0.05) is 35.0 Å². The molecule has 0 bridgehead atoms. The van der Waals surface area contributed by atoms with E-state index in [1.165, 1.54) is 11.1 Å². The molecule has 1 saturated carbocycles. The Hall–Kier alpha value is -1.68. The molecule has 1 aromatic carbocycles. The zero-order valence-corrected chi connectivity index (χ0v) is 11.9. The van der Waals surface area contributed by atoms with E-state index < -0.39 is 0 Å². The number of hydrogen-bond acceptors (Lipinski definition) is 4. The smallest absolute Gasteiger partial charge is 0.229 e. The van der Waals surface area contributed by atoms with Crippen molar-refractivity contribution in [3.8, 4) is 0 Å². The van der Waals surface area contributed by atoms with E-state index in [9.17, 15) is 0 Å². The highest BCUT2D eigenvalue weighted by Crippen LogP contribution is 2.31. The highest BCUT2D eigenvalue weighted by molar-refractivity contribution is 5.24. The largest absolute Gasteiger partial charge is 0.339 e. The summed E-state index contributed by atoms with van der Waals surface area (Å²) >= 11 is 0. The molecular formula is C16H21N3O. The molecule has 2 N–H and O–H groups in total. The van der Waals surface area contributed by atoms with Crippen LogP contribution in [0.3, 0.4) is 0 Å². The van der Waals surface area contributed by atoms with Crippen LogP contribution in [0.5, 0.6) is 0 Å². The average Bonchev–Trinajstić information content (AvgIpc) is 2.88. The van der Waals surface area contributed by atoms with Crippen molar-refractivity contribution in [2.24, 2.45) is 5.73 Å². The second-order valence-electron chi connectivity index (χ2n) is 5.83. The van der Waals surface area contributed by atoms with Gasteiger partial charge in [0.1, 0.15) is 0 Å². The zero-order chi connectivity index (χ0) is 13.9. The van der Waals surface area contributed by atoms with Crippen LogP contribution >= 0.6 is 0 Å². The number of aryl methyl sites for hydroxylation is 1. The highest BCUT2D eigenvalue weighted by Gasteiger charge is 2.24. The summed E-state index contributed by atoms with van der Waals surface area (Å²) < 4.78 is 5.44. The van der Waals surface area contributed by atoms with E-state index in [2.05, 4.69) is 41.3 Å². The van der Waals surface area contributed by atoms with Gasteiger partial charge in [0.2, 0.25) is 5.89 Å². The Balaban J connectivity index is 1.67. The summed E-state index contributed by atoms with van der Waals surface area (Å²) in [5, 5.41) is 4.12. The van der Waals surface area contributed by atoms with E-state index in [0.29, 0.717) is 12.0 Å². The molecule has 3 rings (SSSR count). The van der Waals surface area contributed by atoms with Gasteiger partial charge in [-0.2, -0.15) is 4.98 Å². The maximum atomic E-state index is 5.93. The molecule has 0 saturated heterocycles. The summed E-state index contributed by atoms with van der Waals surface area (Å²) in [5.74, 6) is 1.97. The van der Waals surface area contributed by atoms with Crippen LogP contribution in [0.2, 0.25) is 0 Å². The normalized spacial score (nSPS) is 22.9. The van der Waals surface area contributed by atoms with Gasteiger partial charge in [0.25, 0.3) is 0 Å². The van der Waals surface area contributed by atoms with Crippen molar-refractivity contribution in [1.82, 2.24) is 10.1 Å². The lowest BCUT2D eigenvalue weighted by molar-refractivity contribution is 0.300. The van der Waals surface area contributed by atoms with Gasteiger partial charge in [-0.3, -0.25) is 0 Å². The summed E-state index contributed by atoms with van der Waals surface area (Å²) in [5.41, 5.74) is 8.41. The molecule has 1 aromatic heterocycles. The first kappa shape index (κ1) is 13.3. The van der Waals surface area contributed by atoms with E-state index in [-0.39, 0.29) is 0 Å². The minimum Gasteiger partial charge on any atom is -0.339 e. The average molecular weight is 271 g/mol. The van der Waals surface area contributed by atoms with Gasteiger partial charge in [0, 0.05) is 18.4 Å². The van der Waals surface area contributed by atoms with Crippen LogP contribution in [0.1, 0.15) is 54.4 Å². The fourth-order valence-electron chi connectivity index (χ4n) is 2.88. The van der Waals surface area contributed by atoms with Gasteiger partial charge in [0.05, 0.1) is 0 Å².